The summed E-state index contributed by atoms with van der Waals surface area (Å²) >= 11 is 5.92. The van der Waals surface area contributed by atoms with Gasteiger partial charge in [-0.1, -0.05) is 29.8 Å². The van der Waals surface area contributed by atoms with Gasteiger partial charge in [0.05, 0.1) is 23.4 Å². The van der Waals surface area contributed by atoms with Crippen LogP contribution in [0.4, 0.5) is 17.1 Å². The van der Waals surface area contributed by atoms with Gasteiger partial charge in [0, 0.05) is 23.1 Å². The molecule has 0 saturated carbocycles. The largest absolute Gasteiger partial charge is 0.397 e. The third kappa shape index (κ3) is 5.05. The number of nitrogens with one attached hydrogen (secondary N) is 2. The van der Waals surface area contributed by atoms with Crippen LogP contribution < -0.4 is 16.4 Å². The first-order chi connectivity index (χ1) is 13.0. The van der Waals surface area contributed by atoms with Gasteiger partial charge in [0.25, 0.3) is 5.91 Å². The van der Waals surface area contributed by atoms with E-state index < -0.39 is 0 Å². The smallest absolute Gasteiger partial charge is 0.257 e. The normalized spacial score (nSPS) is 10.3. The minimum atomic E-state index is -0.334. The van der Waals surface area contributed by atoms with Crippen molar-refractivity contribution in [2.45, 2.75) is 6.42 Å². The van der Waals surface area contributed by atoms with Crippen LogP contribution in [0.15, 0.2) is 67.0 Å². The van der Waals surface area contributed by atoms with Crippen LogP contribution in [0.3, 0.4) is 0 Å². The number of halogens is 1. The van der Waals surface area contributed by atoms with Crippen molar-refractivity contribution < 1.29 is 9.59 Å². The number of para-hydroxylation sites is 2. The summed E-state index contributed by atoms with van der Waals surface area (Å²) < 4.78 is 0. The second-order valence-electron chi connectivity index (χ2n) is 5.86. The Balaban J connectivity index is 1.67. The van der Waals surface area contributed by atoms with E-state index in [1.165, 1.54) is 6.20 Å². The summed E-state index contributed by atoms with van der Waals surface area (Å²) in [7, 11) is 0. The molecule has 136 valence electrons. The summed E-state index contributed by atoms with van der Waals surface area (Å²) in [5, 5.41) is 6.02. The van der Waals surface area contributed by atoms with Crippen molar-refractivity contribution in [2.75, 3.05) is 16.4 Å². The first-order valence-electron chi connectivity index (χ1n) is 8.16. The Bertz CT molecular complexity index is 991. The average molecular weight is 381 g/mol. The maximum atomic E-state index is 12.4. The maximum absolute atomic E-state index is 12.4. The molecule has 0 aliphatic heterocycles. The van der Waals surface area contributed by atoms with Gasteiger partial charge in [-0.2, -0.15) is 0 Å². The summed E-state index contributed by atoms with van der Waals surface area (Å²) in [5.74, 6) is -0.582. The lowest BCUT2D eigenvalue weighted by molar-refractivity contribution is -0.115. The number of aromatic nitrogens is 1. The van der Waals surface area contributed by atoms with E-state index in [0.717, 1.165) is 0 Å². The Kier molecular flexibility index (Phi) is 5.68. The number of nitrogen functional groups attached to an aromatic ring is 1. The molecule has 1 heterocycles. The second-order valence-corrected chi connectivity index (χ2v) is 6.29. The zero-order valence-corrected chi connectivity index (χ0v) is 15.0. The second kappa shape index (κ2) is 8.33. The molecule has 0 saturated heterocycles. The van der Waals surface area contributed by atoms with Crippen LogP contribution in [0, 0.1) is 0 Å². The van der Waals surface area contributed by atoms with E-state index in [0.29, 0.717) is 33.2 Å². The molecule has 1 aromatic heterocycles. The van der Waals surface area contributed by atoms with E-state index in [2.05, 4.69) is 15.6 Å². The van der Waals surface area contributed by atoms with Gasteiger partial charge in [0.2, 0.25) is 5.91 Å². The molecule has 6 nitrogen and oxygen atoms in total. The van der Waals surface area contributed by atoms with E-state index in [1.807, 2.05) is 0 Å². The quantitative estimate of drug-likeness (QED) is 0.587. The maximum Gasteiger partial charge on any atom is 0.257 e. The molecule has 3 aromatic rings. The molecule has 2 aromatic carbocycles. The van der Waals surface area contributed by atoms with Crippen molar-refractivity contribution in [3.8, 4) is 0 Å². The molecule has 0 aliphatic rings. The highest BCUT2D eigenvalue weighted by molar-refractivity contribution is 6.31. The van der Waals surface area contributed by atoms with E-state index in [4.69, 9.17) is 17.3 Å². The molecule has 0 aliphatic carbocycles. The van der Waals surface area contributed by atoms with Crippen LogP contribution >= 0.6 is 11.6 Å². The van der Waals surface area contributed by atoms with E-state index in [1.54, 1.807) is 60.8 Å². The van der Waals surface area contributed by atoms with Crippen LogP contribution in [0.2, 0.25) is 5.02 Å². The first kappa shape index (κ1) is 18.4. The summed E-state index contributed by atoms with van der Waals surface area (Å²) in [6.07, 6.45) is 3.06. The molecule has 7 heteroatoms. The molecule has 0 bridgehead atoms. The Morgan fingerprint density at radius 1 is 1.00 bits per heavy atom. The number of nitrogens with two attached hydrogens (primary N) is 1. The van der Waals surface area contributed by atoms with E-state index in [9.17, 15) is 9.59 Å². The fraction of sp³-hybridized carbons (Fsp3) is 0.0500. The lowest BCUT2D eigenvalue weighted by Crippen LogP contribution is -2.17. The summed E-state index contributed by atoms with van der Waals surface area (Å²) in [6.45, 7) is 0. The van der Waals surface area contributed by atoms with E-state index >= 15 is 0 Å². The van der Waals surface area contributed by atoms with Crippen molar-refractivity contribution in [1.82, 2.24) is 4.98 Å². The predicted molar refractivity (Wildman–Crippen MR) is 107 cm³/mol. The highest BCUT2D eigenvalue weighted by Gasteiger charge is 2.11. The van der Waals surface area contributed by atoms with Crippen molar-refractivity contribution in [3.63, 3.8) is 0 Å². The molecular formula is C20H17ClN4O2. The minimum Gasteiger partial charge on any atom is -0.397 e. The van der Waals surface area contributed by atoms with Crippen LogP contribution in [0.5, 0.6) is 0 Å². The molecule has 0 fully saturated rings. The van der Waals surface area contributed by atoms with Gasteiger partial charge >= 0.3 is 0 Å². The predicted octanol–water partition coefficient (Wildman–Crippen LogP) is 3.75. The molecular weight excluding hydrogens is 364 g/mol. The molecule has 0 radical (unpaired) electrons. The fourth-order valence-corrected chi connectivity index (χ4v) is 2.66. The SMILES string of the molecule is Nc1ccccc1NC(=O)Cc1cncc(C(=O)Nc2cccc(Cl)c2)c1. The molecule has 2 amide bonds. The van der Waals surface area contributed by atoms with Gasteiger partial charge in [0.15, 0.2) is 0 Å². The number of anilines is 3. The summed E-state index contributed by atoms with van der Waals surface area (Å²) in [4.78, 5) is 28.7. The van der Waals surface area contributed by atoms with Gasteiger partial charge < -0.3 is 16.4 Å². The Hall–Kier alpha value is -3.38. The number of benzene rings is 2. The molecule has 27 heavy (non-hydrogen) atoms. The zero-order valence-electron chi connectivity index (χ0n) is 14.3. The van der Waals surface area contributed by atoms with E-state index in [-0.39, 0.29) is 18.2 Å². The molecule has 3 rings (SSSR count). The first-order valence-corrected chi connectivity index (χ1v) is 8.54. The van der Waals surface area contributed by atoms with Gasteiger partial charge in [-0.05, 0) is 42.0 Å². The highest BCUT2D eigenvalue weighted by atomic mass is 35.5. The Morgan fingerprint density at radius 3 is 2.59 bits per heavy atom. The zero-order chi connectivity index (χ0) is 19.2. The van der Waals surface area contributed by atoms with Crippen molar-refractivity contribution in [1.29, 1.82) is 0 Å². The number of nitrogens with zero attached hydrogens (tertiary/aromatic N) is 1. The summed E-state index contributed by atoms with van der Waals surface area (Å²) in [5.41, 5.74) is 8.39. The van der Waals surface area contributed by atoms with Crippen LogP contribution in [-0.4, -0.2) is 16.8 Å². The fourth-order valence-electron chi connectivity index (χ4n) is 2.47. The van der Waals surface area contributed by atoms with Crippen molar-refractivity contribution in [2.24, 2.45) is 0 Å². The number of carbonyl (C=O) groups excluding carboxylic acids is 2. The van der Waals surface area contributed by atoms with Gasteiger partial charge in [-0.25, -0.2) is 0 Å². The lowest BCUT2D eigenvalue weighted by Gasteiger charge is -2.09. The molecule has 0 spiro atoms. The highest BCUT2D eigenvalue weighted by Crippen LogP contribution is 2.18. The average Bonchev–Trinajstić information content (AvgIpc) is 2.64. The number of pyridine rings is 1. The third-order valence-corrected chi connectivity index (χ3v) is 3.97. The van der Waals surface area contributed by atoms with Crippen LogP contribution in [-0.2, 0) is 11.2 Å². The third-order valence-electron chi connectivity index (χ3n) is 3.74. The van der Waals surface area contributed by atoms with Crippen molar-refractivity contribution in [3.05, 3.63) is 83.1 Å². The van der Waals surface area contributed by atoms with Crippen LogP contribution in [0.1, 0.15) is 15.9 Å². The number of amides is 2. The van der Waals surface area contributed by atoms with Gasteiger partial charge in [-0.3, -0.25) is 14.6 Å². The molecule has 4 N–H and O–H groups in total. The number of hydrogen-bond donors (Lipinski definition) is 3. The van der Waals surface area contributed by atoms with Gasteiger partial charge in [-0.15, -0.1) is 0 Å². The standard InChI is InChI=1S/C20H17ClN4O2/c21-15-4-3-5-16(10-15)24-20(27)14-8-13(11-23-12-14)9-19(26)25-18-7-2-1-6-17(18)22/h1-8,10-12H,9,22H2,(H,24,27)(H,25,26). The van der Waals surface area contributed by atoms with Crippen LogP contribution in [0.25, 0.3) is 0 Å². The molecule has 0 unspecified atom stereocenters. The minimum absolute atomic E-state index is 0.0691. The summed E-state index contributed by atoms with van der Waals surface area (Å²) in [6, 6.07) is 15.5. The monoisotopic (exact) mass is 380 g/mol. The Labute approximate surface area is 161 Å². The van der Waals surface area contributed by atoms with Crippen molar-refractivity contribution >= 4 is 40.5 Å². The van der Waals surface area contributed by atoms with Gasteiger partial charge in [0.1, 0.15) is 0 Å². The Morgan fingerprint density at radius 2 is 1.81 bits per heavy atom. The number of hydrogen-bond acceptors (Lipinski definition) is 4. The number of carbonyl (C=O) groups is 2. The molecule has 0 atom stereocenters. The lowest BCUT2D eigenvalue weighted by atomic mass is 10.1. The topological polar surface area (TPSA) is 97.1 Å². The number of rotatable bonds is 5.